The van der Waals surface area contributed by atoms with Crippen LogP contribution in [0.3, 0.4) is 0 Å². The molecule has 0 aromatic heterocycles. The molecule has 0 aromatic rings. The lowest BCUT2D eigenvalue weighted by molar-refractivity contribution is 0.0213. The first kappa shape index (κ1) is 10.4. The third-order valence-electron chi connectivity index (χ3n) is 4.40. The molecule has 0 amide bonds. The van der Waals surface area contributed by atoms with E-state index in [1.54, 1.807) is 0 Å². The molecule has 16 heavy (non-hydrogen) atoms. The summed E-state index contributed by atoms with van der Waals surface area (Å²) in [7, 11) is 1.82. The van der Waals surface area contributed by atoms with Gasteiger partial charge in [0.25, 0.3) is 0 Å². The van der Waals surface area contributed by atoms with Crippen LogP contribution in [0, 0.1) is 0 Å². The molecule has 1 heterocycles. The summed E-state index contributed by atoms with van der Waals surface area (Å²) >= 11 is 0. The molecule has 2 saturated carbocycles. The van der Waals surface area contributed by atoms with Crippen LogP contribution in [0.5, 0.6) is 0 Å². The summed E-state index contributed by atoms with van der Waals surface area (Å²) in [6, 6.07) is 0.686. The lowest BCUT2D eigenvalue weighted by Gasteiger charge is -2.44. The van der Waals surface area contributed by atoms with E-state index in [2.05, 4.69) is 9.89 Å². The summed E-state index contributed by atoms with van der Waals surface area (Å²) in [4.78, 5) is 6.92. The van der Waals surface area contributed by atoms with Gasteiger partial charge in [-0.15, -0.1) is 0 Å². The van der Waals surface area contributed by atoms with Crippen LogP contribution in [0.1, 0.15) is 38.5 Å². The summed E-state index contributed by atoms with van der Waals surface area (Å²) in [5.41, 5.74) is 6.29. The second-order valence-electron chi connectivity index (χ2n) is 5.44. The highest BCUT2D eigenvalue weighted by atomic mass is 16.5. The van der Waals surface area contributed by atoms with Crippen LogP contribution in [0.25, 0.3) is 0 Å². The second kappa shape index (κ2) is 3.62. The van der Waals surface area contributed by atoms with Gasteiger partial charge >= 0.3 is 0 Å². The van der Waals surface area contributed by atoms with Gasteiger partial charge in [0.15, 0.2) is 5.96 Å². The zero-order valence-corrected chi connectivity index (χ0v) is 9.98. The quantitative estimate of drug-likeness (QED) is 0.763. The summed E-state index contributed by atoms with van der Waals surface area (Å²) in [6.07, 6.45) is 7.73. The molecule has 0 aromatic carbocycles. The highest BCUT2D eigenvalue weighted by molar-refractivity contribution is 5.81. The third-order valence-corrected chi connectivity index (χ3v) is 4.40. The zero-order chi connectivity index (χ0) is 11.2. The maximum Gasteiger partial charge on any atom is 0.192 e. The molecule has 4 heteroatoms. The summed E-state index contributed by atoms with van der Waals surface area (Å²) in [6.45, 7) is 0.908. The predicted octanol–water partition coefficient (Wildman–Crippen LogP) is 1.11. The number of guanidine groups is 1. The van der Waals surface area contributed by atoms with E-state index in [1.807, 2.05) is 7.11 Å². The van der Waals surface area contributed by atoms with Gasteiger partial charge in [-0.2, -0.15) is 0 Å². The molecule has 2 N–H and O–H groups in total. The minimum absolute atomic E-state index is 0.250. The first-order valence-electron chi connectivity index (χ1n) is 6.37. The smallest absolute Gasteiger partial charge is 0.192 e. The van der Waals surface area contributed by atoms with Gasteiger partial charge in [-0.25, -0.2) is 0 Å². The van der Waals surface area contributed by atoms with Crippen LogP contribution >= 0.6 is 0 Å². The Bertz CT molecular complexity index is 303. The Morgan fingerprint density at radius 2 is 2.00 bits per heavy atom. The minimum atomic E-state index is 0.250. The minimum Gasteiger partial charge on any atom is -0.381 e. The summed E-state index contributed by atoms with van der Waals surface area (Å²) in [5, 5.41) is 0. The van der Waals surface area contributed by atoms with Crippen LogP contribution in [0.4, 0.5) is 0 Å². The molecule has 2 fully saturated rings. The van der Waals surface area contributed by atoms with Crippen molar-refractivity contribution in [2.24, 2.45) is 10.7 Å². The Morgan fingerprint density at radius 1 is 1.31 bits per heavy atom. The Labute approximate surface area is 96.8 Å². The first-order valence-corrected chi connectivity index (χ1v) is 6.37. The Kier molecular flexibility index (Phi) is 2.35. The molecule has 0 saturated heterocycles. The first-order chi connectivity index (χ1) is 7.75. The van der Waals surface area contributed by atoms with Crippen LogP contribution in [0.2, 0.25) is 0 Å². The van der Waals surface area contributed by atoms with Gasteiger partial charge in [0, 0.05) is 13.2 Å². The average molecular weight is 223 g/mol. The van der Waals surface area contributed by atoms with E-state index >= 15 is 0 Å². The van der Waals surface area contributed by atoms with Crippen molar-refractivity contribution < 1.29 is 4.74 Å². The number of nitrogens with zero attached hydrogens (tertiary/aromatic N) is 2. The Morgan fingerprint density at radius 3 is 2.56 bits per heavy atom. The highest BCUT2D eigenvalue weighted by Crippen LogP contribution is 2.43. The SMILES string of the molecule is COC1CCC2(CC1)CN=C(N)N2C1CC1. The van der Waals surface area contributed by atoms with E-state index in [-0.39, 0.29) is 5.54 Å². The fraction of sp³-hybridized carbons (Fsp3) is 0.917. The fourth-order valence-corrected chi connectivity index (χ4v) is 3.29. The second-order valence-corrected chi connectivity index (χ2v) is 5.44. The number of nitrogens with two attached hydrogens (primary N) is 1. The lowest BCUT2D eigenvalue weighted by atomic mass is 9.79. The van der Waals surface area contributed by atoms with E-state index in [9.17, 15) is 0 Å². The average Bonchev–Trinajstić information content (AvgIpc) is 3.08. The van der Waals surface area contributed by atoms with Gasteiger partial charge in [0.05, 0.1) is 18.2 Å². The number of aliphatic imine (C=N–C) groups is 1. The number of methoxy groups -OCH3 is 1. The molecule has 1 aliphatic heterocycles. The molecule has 1 spiro atoms. The molecule has 2 aliphatic carbocycles. The Balaban J connectivity index is 1.74. The highest BCUT2D eigenvalue weighted by Gasteiger charge is 2.49. The number of hydrogen-bond donors (Lipinski definition) is 1. The van der Waals surface area contributed by atoms with E-state index in [1.165, 1.54) is 25.7 Å². The van der Waals surface area contributed by atoms with Crippen molar-refractivity contribution in [2.45, 2.75) is 56.2 Å². The van der Waals surface area contributed by atoms with Gasteiger partial charge in [-0.1, -0.05) is 0 Å². The van der Waals surface area contributed by atoms with Gasteiger partial charge in [0.2, 0.25) is 0 Å². The van der Waals surface area contributed by atoms with Crippen molar-refractivity contribution in [1.29, 1.82) is 0 Å². The maximum absolute atomic E-state index is 6.04. The zero-order valence-electron chi connectivity index (χ0n) is 9.98. The topological polar surface area (TPSA) is 50.9 Å². The van der Waals surface area contributed by atoms with Crippen molar-refractivity contribution >= 4 is 5.96 Å². The standard InChI is InChI=1S/C12H21N3O/c1-16-10-4-6-12(7-5-10)8-14-11(13)15(12)9-2-3-9/h9-10H,2-8H2,1H3,(H2,13,14). The molecule has 90 valence electrons. The van der Waals surface area contributed by atoms with Crippen molar-refractivity contribution in [3.63, 3.8) is 0 Å². The monoisotopic (exact) mass is 223 g/mol. The largest absolute Gasteiger partial charge is 0.381 e. The van der Waals surface area contributed by atoms with Crippen molar-refractivity contribution in [3.8, 4) is 0 Å². The molecule has 0 bridgehead atoms. The molecule has 0 unspecified atom stereocenters. The lowest BCUT2D eigenvalue weighted by Crippen LogP contribution is -2.55. The van der Waals surface area contributed by atoms with Crippen LogP contribution in [-0.4, -0.2) is 42.2 Å². The molecule has 4 nitrogen and oxygen atoms in total. The molecule has 0 radical (unpaired) electrons. The molecule has 3 aliphatic rings. The van der Waals surface area contributed by atoms with Crippen LogP contribution in [-0.2, 0) is 4.74 Å². The molecule has 3 rings (SSSR count). The molecular formula is C12H21N3O. The summed E-state index contributed by atoms with van der Waals surface area (Å²) in [5.74, 6) is 0.790. The van der Waals surface area contributed by atoms with Crippen molar-refractivity contribution in [3.05, 3.63) is 0 Å². The summed E-state index contributed by atoms with van der Waals surface area (Å²) < 4.78 is 5.44. The van der Waals surface area contributed by atoms with Crippen molar-refractivity contribution in [2.75, 3.05) is 13.7 Å². The van der Waals surface area contributed by atoms with Crippen molar-refractivity contribution in [1.82, 2.24) is 4.90 Å². The molecule has 0 atom stereocenters. The number of ether oxygens (including phenoxy) is 1. The van der Waals surface area contributed by atoms with Gasteiger partial charge < -0.3 is 15.4 Å². The van der Waals surface area contributed by atoms with E-state index < -0.39 is 0 Å². The predicted molar refractivity (Wildman–Crippen MR) is 63.3 cm³/mol. The normalized spacial score (nSPS) is 39.2. The van der Waals surface area contributed by atoms with Gasteiger partial charge in [-0.3, -0.25) is 4.99 Å². The van der Waals surface area contributed by atoms with E-state index in [0.717, 1.165) is 25.3 Å². The Hall–Kier alpha value is -0.770. The van der Waals surface area contributed by atoms with Gasteiger partial charge in [0.1, 0.15) is 0 Å². The maximum atomic E-state index is 6.04. The fourth-order valence-electron chi connectivity index (χ4n) is 3.29. The van der Waals surface area contributed by atoms with E-state index in [4.69, 9.17) is 10.5 Å². The number of hydrogen-bond acceptors (Lipinski definition) is 4. The molecular weight excluding hydrogens is 202 g/mol. The van der Waals surface area contributed by atoms with E-state index in [0.29, 0.717) is 12.1 Å². The van der Waals surface area contributed by atoms with Crippen LogP contribution in [0.15, 0.2) is 4.99 Å². The third kappa shape index (κ3) is 1.51. The van der Waals surface area contributed by atoms with Gasteiger partial charge in [-0.05, 0) is 38.5 Å². The number of rotatable bonds is 2. The van der Waals surface area contributed by atoms with Crippen LogP contribution < -0.4 is 5.73 Å².